The molecule has 0 aliphatic heterocycles. The lowest BCUT2D eigenvalue weighted by Crippen LogP contribution is -2.25. The van der Waals surface area contributed by atoms with E-state index in [2.05, 4.69) is 16.6 Å². The van der Waals surface area contributed by atoms with Crippen molar-refractivity contribution in [1.82, 2.24) is 0 Å². The van der Waals surface area contributed by atoms with E-state index in [0.717, 1.165) is 11.3 Å². The number of carbonyl (C=O) groups excluding carboxylic acids is 2. The van der Waals surface area contributed by atoms with Gasteiger partial charge in [-0.05, 0) is 44.2 Å². The first-order chi connectivity index (χ1) is 12.0. The van der Waals surface area contributed by atoms with Gasteiger partial charge >= 0.3 is 0 Å². The first-order valence-corrected chi connectivity index (χ1v) is 8.88. The average Bonchev–Trinajstić information content (AvgIpc) is 2.61. The fraction of sp³-hybridized carbons (Fsp3) is 0.200. The van der Waals surface area contributed by atoms with Crippen molar-refractivity contribution in [2.24, 2.45) is 0 Å². The summed E-state index contributed by atoms with van der Waals surface area (Å²) in [6, 6.07) is 14.7. The third-order valence-corrected chi connectivity index (χ3v) is 4.61. The highest BCUT2D eigenvalue weighted by molar-refractivity contribution is 8.01. The number of hydrogen-bond donors (Lipinski definition) is 2. The van der Waals surface area contributed by atoms with Crippen LogP contribution in [0.15, 0.2) is 48.5 Å². The van der Waals surface area contributed by atoms with Gasteiger partial charge in [-0.25, -0.2) is 0 Å². The van der Waals surface area contributed by atoms with Gasteiger partial charge in [-0.3, -0.25) is 9.59 Å². The molecule has 0 radical (unpaired) electrons. The molecular formula is C20H20N2O2S. The van der Waals surface area contributed by atoms with Crippen LogP contribution in [0.3, 0.4) is 0 Å². The number of hydrogen-bond acceptors (Lipinski definition) is 3. The van der Waals surface area contributed by atoms with Crippen LogP contribution in [0.2, 0.25) is 0 Å². The molecule has 0 saturated carbocycles. The molecule has 2 rings (SSSR count). The summed E-state index contributed by atoms with van der Waals surface area (Å²) in [4.78, 5) is 24.2. The van der Waals surface area contributed by atoms with Crippen molar-refractivity contribution in [1.29, 1.82) is 0 Å². The van der Waals surface area contributed by atoms with Gasteiger partial charge < -0.3 is 10.6 Å². The number of benzene rings is 2. The Hall–Kier alpha value is -2.71. The Morgan fingerprint density at radius 2 is 1.84 bits per heavy atom. The molecule has 1 atom stereocenters. The SMILES string of the molecule is C#Cc1cccc(NC(=O)C(C)SCC(=O)Nc2ccc(C)cc2)c1. The molecule has 2 amide bonds. The molecule has 1 unspecified atom stereocenters. The second-order valence-corrected chi connectivity index (χ2v) is 6.91. The molecule has 0 fully saturated rings. The molecule has 0 aliphatic carbocycles. The van der Waals surface area contributed by atoms with E-state index in [0.29, 0.717) is 11.3 Å². The van der Waals surface area contributed by atoms with Crippen LogP contribution < -0.4 is 10.6 Å². The van der Waals surface area contributed by atoms with E-state index in [1.54, 1.807) is 31.2 Å². The Bertz CT molecular complexity index is 794. The predicted molar refractivity (Wildman–Crippen MR) is 105 cm³/mol. The molecule has 0 aromatic heterocycles. The second-order valence-electron chi connectivity index (χ2n) is 5.58. The van der Waals surface area contributed by atoms with E-state index in [9.17, 15) is 9.59 Å². The van der Waals surface area contributed by atoms with E-state index >= 15 is 0 Å². The first kappa shape index (κ1) is 18.6. The van der Waals surface area contributed by atoms with Crippen molar-refractivity contribution in [2.75, 3.05) is 16.4 Å². The summed E-state index contributed by atoms with van der Waals surface area (Å²) in [5, 5.41) is 5.26. The molecule has 0 aliphatic rings. The van der Waals surface area contributed by atoms with Gasteiger partial charge in [0, 0.05) is 16.9 Å². The summed E-state index contributed by atoms with van der Waals surface area (Å²) in [5.41, 5.74) is 3.23. The van der Waals surface area contributed by atoms with Crippen molar-refractivity contribution in [2.45, 2.75) is 19.1 Å². The third kappa shape index (κ3) is 6.02. The minimum atomic E-state index is -0.363. The molecule has 0 spiro atoms. The first-order valence-electron chi connectivity index (χ1n) is 7.83. The van der Waals surface area contributed by atoms with Gasteiger partial charge in [0.25, 0.3) is 0 Å². The monoisotopic (exact) mass is 352 g/mol. The summed E-state index contributed by atoms with van der Waals surface area (Å²) in [7, 11) is 0. The zero-order valence-electron chi connectivity index (χ0n) is 14.2. The standard InChI is InChI=1S/C20H20N2O2S/c1-4-16-6-5-7-18(12-16)22-20(24)15(3)25-13-19(23)21-17-10-8-14(2)9-11-17/h1,5-12,15H,13H2,2-3H3,(H,21,23)(H,22,24). The van der Waals surface area contributed by atoms with E-state index in [4.69, 9.17) is 6.42 Å². The molecule has 128 valence electrons. The third-order valence-electron chi connectivity index (χ3n) is 3.47. The number of thioether (sulfide) groups is 1. The van der Waals surface area contributed by atoms with Gasteiger partial charge in [0.05, 0.1) is 11.0 Å². The normalized spacial score (nSPS) is 11.2. The maximum atomic E-state index is 12.2. The summed E-state index contributed by atoms with van der Waals surface area (Å²) in [6.07, 6.45) is 5.35. The Balaban J connectivity index is 1.81. The highest BCUT2D eigenvalue weighted by atomic mass is 32.2. The van der Waals surface area contributed by atoms with Crippen molar-refractivity contribution in [3.63, 3.8) is 0 Å². The van der Waals surface area contributed by atoms with E-state index in [1.165, 1.54) is 11.8 Å². The predicted octanol–water partition coefficient (Wildman–Crippen LogP) is 3.68. The van der Waals surface area contributed by atoms with Gasteiger partial charge in [-0.2, -0.15) is 0 Å². The van der Waals surface area contributed by atoms with E-state index in [1.807, 2.05) is 31.2 Å². The highest BCUT2D eigenvalue weighted by Gasteiger charge is 2.15. The van der Waals surface area contributed by atoms with Gasteiger partial charge in [-0.15, -0.1) is 18.2 Å². The fourth-order valence-electron chi connectivity index (χ4n) is 2.04. The van der Waals surface area contributed by atoms with Crippen LogP contribution in [0.1, 0.15) is 18.1 Å². The van der Waals surface area contributed by atoms with Crippen LogP contribution >= 0.6 is 11.8 Å². The van der Waals surface area contributed by atoms with Crippen molar-refractivity contribution in [3.8, 4) is 12.3 Å². The Kier molecular flexibility index (Phi) is 6.67. The summed E-state index contributed by atoms with van der Waals surface area (Å²) < 4.78 is 0. The lowest BCUT2D eigenvalue weighted by molar-refractivity contribution is -0.115. The number of aryl methyl sites for hydroxylation is 1. The van der Waals surface area contributed by atoms with Gasteiger partial charge in [-0.1, -0.05) is 29.7 Å². The Morgan fingerprint density at radius 1 is 1.12 bits per heavy atom. The smallest absolute Gasteiger partial charge is 0.237 e. The van der Waals surface area contributed by atoms with Crippen LogP contribution in [0.5, 0.6) is 0 Å². The molecule has 4 nitrogen and oxygen atoms in total. The van der Waals surface area contributed by atoms with Gasteiger partial charge in [0.2, 0.25) is 11.8 Å². The maximum absolute atomic E-state index is 12.2. The number of amides is 2. The lowest BCUT2D eigenvalue weighted by atomic mass is 10.2. The topological polar surface area (TPSA) is 58.2 Å². The van der Waals surface area contributed by atoms with Crippen LogP contribution in [0.25, 0.3) is 0 Å². The fourth-order valence-corrected chi connectivity index (χ4v) is 2.72. The minimum Gasteiger partial charge on any atom is -0.325 e. The quantitative estimate of drug-likeness (QED) is 0.780. The van der Waals surface area contributed by atoms with Crippen molar-refractivity contribution >= 4 is 35.0 Å². The Labute approximate surface area is 152 Å². The van der Waals surface area contributed by atoms with Gasteiger partial charge in [0.15, 0.2) is 0 Å². The summed E-state index contributed by atoms with van der Waals surface area (Å²) in [5.74, 6) is 2.43. The van der Waals surface area contributed by atoms with Crippen LogP contribution in [0, 0.1) is 19.3 Å². The molecule has 0 heterocycles. The molecular weight excluding hydrogens is 332 g/mol. The van der Waals surface area contributed by atoms with E-state index in [-0.39, 0.29) is 22.8 Å². The van der Waals surface area contributed by atoms with Crippen molar-refractivity contribution < 1.29 is 9.59 Å². The average molecular weight is 352 g/mol. The number of nitrogens with one attached hydrogen (secondary N) is 2. The molecule has 2 aromatic carbocycles. The number of anilines is 2. The van der Waals surface area contributed by atoms with Crippen LogP contribution in [-0.2, 0) is 9.59 Å². The second kappa shape index (κ2) is 8.95. The number of carbonyl (C=O) groups is 2. The van der Waals surface area contributed by atoms with E-state index < -0.39 is 0 Å². The highest BCUT2D eigenvalue weighted by Crippen LogP contribution is 2.16. The summed E-state index contributed by atoms with van der Waals surface area (Å²) in [6.45, 7) is 3.76. The van der Waals surface area contributed by atoms with Crippen LogP contribution in [0.4, 0.5) is 11.4 Å². The largest absolute Gasteiger partial charge is 0.325 e. The van der Waals surface area contributed by atoms with Gasteiger partial charge in [0.1, 0.15) is 0 Å². The number of terminal acetylenes is 1. The number of rotatable bonds is 6. The molecule has 0 saturated heterocycles. The molecule has 2 aromatic rings. The van der Waals surface area contributed by atoms with Crippen molar-refractivity contribution in [3.05, 3.63) is 59.7 Å². The zero-order chi connectivity index (χ0) is 18.2. The maximum Gasteiger partial charge on any atom is 0.237 e. The zero-order valence-corrected chi connectivity index (χ0v) is 15.0. The summed E-state index contributed by atoms with van der Waals surface area (Å²) >= 11 is 1.28. The Morgan fingerprint density at radius 3 is 2.52 bits per heavy atom. The molecule has 2 N–H and O–H groups in total. The minimum absolute atomic E-state index is 0.136. The molecule has 5 heteroatoms. The van der Waals surface area contributed by atoms with Crippen LogP contribution in [-0.4, -0.2) is 22.8 Å². The molecule has 25 heavy (non-hydrogen) atoms. The molecule has 0 bridgehead atoms. The lowest BCUT2D eigenvalue weighted by Gasteiger charge is -2.12.